The van der Waals surface area contributed by atoms with E-state index in [2.05, 4.69) is 0 Å². The summed E-state index contributed by atoms with van der Waals surface area (Å²) < 4.78 is 22.2. The fraction of sp³-hybridized carbons (Fsp3) is 0.900. The van der Waals surface area contributed by atoms with Gasteiger partial charge in [0.2, 0.25) is 0 Å². The van der Waals surface area contributed by atoms with Gasteiger partial charge in [-0.15, -0.1) is 0 Å². The molecule has 0 amide bonds. The van der Waals surface area contributed by atoms with Crippen molar-refractivity contribution in [1.29, 1.82) is 0 Å². The fourth-order valence-corrected chi connectivity index (χ4v) is 3.00. The van der Waals surface area contributed by atoms with Gasteiger partial charge in [0.05, 0.1) is 19.4 Å². The zero-order chi connectivity index (χ0) is 11.6. The molecular formula is C10H21O4P. The molecule has 0 aliphatic heterocycles. The van der Waals surface area contributed by atoms with Gasteiger partial charge in [-0.25, -0.2) is 0 Å². The van der Waals surface area contributed by atoms with Crippen molar-refractivity contribution >= 4 is 13.9 Å². The van der Waals surface area contributed by atoms with Gasteiger partial charge in [0, 0.05) is 6.42 Å². The number of aldehydes is 1. The van der Waals surface area contributed by atoms with E-state index in [1.54, 1.807) is 13.8 Å². The third-order valence-electron chi connectivity index (χ3n) is 1.91. The van der Waals surface area contributed by atoms with Crippen molar-refractivity contribution in [3.05, 3.63) is 0 Å². The van der Waals surface area contributed by atoms with E-state index in [0.717, 1.165) is 25.5 Å². The molecule has 0 saturated carbocycles. The molecule has 4 nitrogen and oxygen atoms in total. The van der Waals surface area contributed by atoms with E-state index in [4.69, 9.17) is 9.05 Å². The molecule has 0 aromatic carbocycles. The number of carbonyl (C=O) groups excluding carboxylic acids is 1. The Morgan fingerprint density at radius 1 is 1.07 bits per heavy atom. The average Bonchev–Trinajstić information content (AvgIpc) is 2.18. The monoisotopic (exact) mass is 236 g/mol. The second-order valence-corrected chi connectivity index (χ2v) is 5.37. The van der Waals surface area contributed by atoms with Gasteiger partial charge < -0.3 is 13.8 Å². The molecule has 0 unspecified atom stereocenters. The first-order valence-corrected chi connectivity index (χ1v) is 7.23. The summed E-state index contributed by atoms with van der Waals surface area (Å²) in [6.45, 7) is 4.42. The van der Waals surface area contributed by atoms with Gasteiger partial charge in [0.25, 0.3) is 0 Å². The van der Waals surface area contributed by atoms with Crippen LogP contribution in [0.1, 0.15) is 39.5 Å². The Kier molecular flexibility index (Phi) is 8.97. The highest BCUT2D eigenvalue weighted by atomic mass is 31.2. The van der Waals surface area contributed by atoms with Gasteiger partial charge in [0.1, 0.15) is 6.29 Å². The van der Waals surface area contributed by atoms with E-state index < -0.39 is 7.60 Å². The molecule has 0 heterocycles. The van der Waals surface area contributed by atoms with E-state index in [-0.39, 0.29) is 0 Å². The van der Waals surface area contributed by atoms with Crippen molar-refractivity contribution in [3.63, 3.8) is 0 Å². The Balaban J connectivity index is 3.75. The van der Waals surface area contributed by atoms with Crippen molar-refractivity contribution in [3.8, 4) is 0 Å². The minimum atomic E-state index is -2.86. The molecule has 0 atom stereocenters. The van der Waals surface area contributed by atoms with Crippen LogP contribution in [0.5, 0.6) is 0 Å². The van der Waals surface area contributed by atoms with Crippen LogP contribution in [0.4, 0.5) is 0 Å². The van der Waals surface area contributed by atoms with Crippen LogP contribution in [0.15, 0.2) is 0 Å². The van der Waals surface area contributed by atoms with Crippen molar-refractivity contribution in [2.45, 2.75) is 39.5 Å². The molecule has 0 bridgehead atoms. The molecule has 0 N–H and O–H groups in total. The number of hydrogen-bond donors (Lipinski definition) is 0. The van der Waals surface area contributed by atoms with E-state index in [1.807, 2.05) is 0 Å². The predicted octanol–water partition coefficient (Wildman–Crippen LogP) is 3.01. The quantitative estimate of drug-likeness (QED) is 0.332. The minimum Gasteiger partial charge on any atom is -0.309 e. The third kappa shape index (κ3) is 7.71. The summed E-state index contributed by atoms with van der Waals surface area (Å²) in [5, 5.41) is 0. The van der Waals surface area contributed by atoms with Crippen LogP contribution in [0.25, 0.3) is 0 Å². The van der Waals surface area contributed by atoms with E-state index in [0.29, 0.717) is 25.8 Å². The lowest BCUT2D eigenvalue weighted by Gasteiger charge is -2.16. The fourth-order valence-electron chi connectivity index (χ4n) is 1.27. The summed E-state index contributed by atoms with van der Waals surface area (Å²) in [6.07, 6.45) is 4.46. The van der Waals surface area contributed by atoms with Gasteiger partial charge in [-0.3, -0.25) is 4.57 Å². The number of hydrogen-bond acceptors (Lipinski definition) is 4. The molecule has 5 heteroatoms. The maximum absolute atomic E-state index is 11.9. The molecule has 0 aromatic rings. The number of carbonyl (C=O) groups is 1. The maximum atomic E-state index is 11.9. The molecule has 0 fully saturated rings. The van der Waals surface area contributed by atoms with Crippen LogP contribution in [0.3, 0.4) is 0 Å². The second kappa shape index (κ2) is 9.08. The smallest absolute Gasteiger partial charge is 0.309 e. The summed E-state index contributed by atoms with van der Waals surface area (Å²) in [7, 11) is -2.86. The van der Waals surface area contributed by atoms with Crippen LogP contribution in [-0.4, -0.2) is 25.7 Å². The first kappa shape index (κ1) is 14.8. The highest BCUT2D eigenvalue weighted by Crippen LogP contribution is 2.48. The van der Waals surface area contributed by atoms with E-state index >= 15 is 0 Å². The molecule has 0 rings (SSSR count). The summed E-state index contributed by atoms with van der Waals surface area (Å²) >= 11 is 0. The Morgan fingerprint density at radius 3 is 2.13 bits per heavy atom. The van der Waals surface area contributed by atoms with Crippen LogP contribution in [0.2, 0.25) is 0 Å². The van der Waals surface area contributed by atoms with E-state index in [1.165, 1.54) is 0 Å². The maximum Gasteiger partial charge on any atom is 0.330 e. The lowest BCUT2D eigenvalue weighted by molar-refractivity contribution is -0.107. The molecule has 90 valence electrons. The van der Waals surface area contributed by atoms with E-state index in [9.17, 15) is 9.36 Å². The first-order valence-electron chi connectivity index (χ1n) is 5.50. The second-order valence-electron chi connectivity index (χ2n) is 3.19. The van der Waals surface area contributed by atoms with Gasteiger partial charge >= 0.3 is 7.60 Å². The molecular weight excluding hydrogens is 215 g/mol. The van der Waals surface area contributed by atoms with Crippen molar-refractivity contribution < 1.29 is 18.4 Å². The Bertz CT molecular complexity index is 196. The highest BCUT2D eigenvalue weighted by molar-refractivity contribution is 7.53. The van der Waals surface area contributed by atoms with Crippen molar-refractivity contribution in [1.82, 2.24) is 0 Å². The zero-order valence-corrected chi connectivity index (χ0v) is 10.5. The average molecular weight is 236 g/mol. The molecule has 0 saturated heterocycles. The number of rotatable bonds is 10. The van der Waals surface area contributed by atoms with Crippen molar-refractivity contribution in [2.24, 2.45) is 0 Å². The van der Waals surface area contributed by atoms with Gasteiger partial charge in [-0.05, 0) is 26.7 Å². The largest absolute Gasteiger partial charge is 0.330 e. The standard InChI is InChI=1S/C10H21O4P/c1-3-13-15(12,14-4-2)10-8-6-5-7-9-11/h9H,3-8,10H2,1-2H3. The molecule has 0 spiro atoms. The summed E-state index contributed by atoms with van der Waals surface area (Å²) in [5.41, 5.74) is 0. The SMILES string of the molecule is CCOP(=O)(CCCCCC=O)OCC. The lowest BCUT2D eigenvalue weighted by atomic mass is 10.2. The third-order valence-corrected chi connectivity index (χ3v) is 4.07. The lowest BCUT2D eigenvalue weighted by Crippen LogP contribution is -2.00. The molecule has 0 aromatic heterocycles. The Hall–Kier alpha value is -0.180. The van der Waals surface area contributed by atoms with Gasteiger partial charge in [-0.2, -0.15) is 0 Å². The first-order chi connectivity index (χ1) is 7.18. The van der Waals surface area contributed by atoms with Crippen LogP contribution in [0, 0.1) is 0 Å². The zero-order valence-electron chi connectivity index (χ0n) is 9.61. The van der Waals surface area contributed by atoms with Crippen LogP contribution >= 0.6 is 7.60 Å². The van der Waals surface area contributed by atoms with Crippen LogP contribution in [-0.2, 0) is 18.4 Å². The minimum absolute atomic E-state index is 0.408. The van der Waals surface area contributed by atoms with Crippen molar-refractivity contribution in [2.75, 3.05) is 19.4 Å². The highest BCUT2D eigenvalue weighted by Gasteiger charge is 2.22. The summed E-state index contributed by atoms with van der Waals surface area (Å²) in [5.74, 6) is 0. The molecule has 0 aliphatic rings. The Morgan fingerprint density at radius 2 is 1.67 bits per heavy atom. The van der Waals surface area contributed by atoms with Gasteiger partial charge in [0.15, 0.2) is 0 Å². The topological polar surface area (TPSA) is 52.6 Å². The summed E-state index contributed by atoms with van der Waals surface area (Å²) in [4.78, 5) is 10.1. The predicted molar refractivity (Wildman–Crippen MR) is 60.3 cm³/mol. The molecule has 15 heavy (non-hydrogen) atoms. The normalized spacial score (nSPS) is 11.6. The van der Waals surface area contributed by atoms with Gasteiger partial charge in [-0.1, -0.05) is 6.42 Å². The van der Waals surface area contributed by atoms with Crippen LogP contribution < -0.4 is 0 Å². The molecule has 0 radical (unpaired) electrons. The number of unbranched alkanes of at least 4 members (excludes halogenated alkanes) is 3. The Labute approximate surface area is 91.9 Å². The molecule has 0 aliphatic carbocycles. The summed E-state index contributed by atoms with van der Waals surface area (Å²) in [6, 6.07) is 0.